The average Bonchev–Trinajstić information content (AvgIpc) is 1.35. The summed E-state index contributed by atoms with van der Waals surface area (Å²) in [7, 11) is 0. The van der Waals surface area contributed by atoms with Crippen molar-refractivity contribution >= 4 is 15.9 Å². The van der Waals surface area contributed by atoms with E-state index >= 15 is 0 Å². The molecule has 0 N–H and O–H groups in total. The Morgan fingerprint density at radius 1 is 1.83 bits per heavy atom. The van der Waals surface area contributed by atoms with Gasteiger partial charge in [-0.1, -0.05) is 22.9 Å². The molecule has 1 radical (unpaired) electrons. The number of hydrogen-bond donors (Lipinski definition) is 0. The van der Waals surface area contributed by atoms with Gasteiger partial charge in [0.1, 0.15) is 0 Å². The summed E-state index contributed by atoms with van der Waals surface area (Å²) in [6.07, 6.45) is 0.632. The second-order valence-corrected chi connectivity index (χ2v) is 3.13. The van der Waals surface area contributed by atoms with Crippen molar-refractivity contribution in [3.05, 3.63) is 0 Å². The second kappa shape index (κ2) is 1.94. The molecule has 0 bridgehead atoms. The molecular formula is C4H8BrO. The Labute approximate surface area is 46.5 Å². The minimum absolute atomic E-state index is 0.632. The zero-order chi connectivity index (χ0) is 5.21. The molecule has 0 aliphatic heterocycles. The van der Waals surface area contributed by atoms with Crippen LogP contribution >= 0.6 is 15.9 Å². The normalized spacial score (nSPS) is 20.0. The highest BCUT2D eigenvalue weighted by Crippen LogP contribution is 2.16. The van der Waals surface area contributed by atoms with Gasteiger partial charge in [-0.15, -0.1) is 0 Å². The minimum Gasteiger partial charge on any atom is -0.217 e. The molecule has 0 heterocycles. The Bertz CT molecular complexity index is 37.3. The van der Waals surface area contributed by atoms with Crippen molar-refractivity contribution in [1.82, 2.24) is 0 Å². The Balaban J connectivity index is 3.17. The third-order valence-electron chi connectivity index (χ3n) is 0.632. The van der Waals surface area contributed by atoms with Crippen molar-refractivity contribution in [1.29, 1.82) is 0 Å². The van der Waals surface area contributed by atoms with Gasteiger partial charge in [-0.05, 0) is 13.3 Å². The molecule has 0 amide bonds. The molecule has 1 atom stereocenters. The summed E-state index contributed by atoms with van der Waals surface area (Å²) in [4.78, 5) is 0. The van der Waals surface area contributed by atoms with E-state index in [9.17, 15) is 5.11 Å². The SMILES string of the molecule is CCC(C)([O])Br. The van der Waals surface area contributed by atoms with Gasteiger partial charge in [0.05, 0.1) is 0 Å². The molecule has 0 aliphatic rings. The number of alkyl halides is 1. The van der Waals surface area contributed by atoms with Crippen molar-refractivity contribution in [2.24, 2.45) is 0 Å². The zero-order valence-corrected chi connectivity index (χ0v) is 5.58. The zero-order valence-electron chi connectivity index (χ0n) is 3.99. The molecule has 0 fully saturated rings. The molecule has 1 nitrogen and oxygen atoms in total. The molecule has 0 aromatic carbocycles. The van der Waals surface area contributed by atoms with E-state index < -0.39 is 4.51 Å². The largest absolute Gasteiger partial charge is 0.217 e. The van der Waals surface area contributed by atoms with Gasteiger partial charge in [0.25, 0.3) is 0 Å². The van der Waals surface area contributed by atoms with Crippen LogP contribution in [0.2, 0.25) is 0 Å². The summed E-state index contributed by atoms with van der Waals surface area (Å²) in [5.74, 6) is 0. The standard InChI is InChI=1S/C4H8BrO/c1-3-4(2,5)6/h3H2,1-2H3. The highest BCUT2D eigenvalue weighted by molar-refractivity contribution is 9.10. The molecule has 0 aliphatic carbocycles. The van der Waals surface area contributed by atoms with E-state index in [1.54, 1.807) is 6.92 Å². The lowest BCUT2D eigenvalue weighted by Gasteiger charge is -2.04. The minimum atomic E-state index is -0.896. The third-order valence-corrected chi connectivity index (χ3v) is 1.19. The molecular weight excluding hydrogens is 144 g/mol. The first-order valence-corrected chi connectivity index (χ1v) is 2.75. The van der Waals surface area contributed by atoms with Crippen molar-refractivity contribution in [3.63, 3.8) is 0 Å². The van der Waals surface area contributed by atoms with Gasteiger partial charge in [-0.25, -0.2) is 5.11 Å². The molecule has 2 heteroatoms. The first-order valence-electron chi connectivity index (χ1n) is 1.95. The van der Waals surface area contributed by atoms with Crippen molar-refractivity contribution in [2.45, 2.75) is 24.8 Å². The topological polar surface area (TPSA) is 19.9 Å². The number of rotatable bonds is 1. The van der Waals surface area contributed by atoms with E-state index in [4.69, 9.17) is 0 Å². The van der Waals surface area contributed by atoms with Gasteiger partial charge in [0.2, 0.25) is 0 Å². The Morgan fingerprint density at radius 3 is 2.00 bits per heavy atom. The van der Waals surface area contributed by atoms with Gasteiger partial charge in [0, 0.05) is 0 Å². The van der Waals surface area contributed by atoms with Gasteiger partial charge >= 0.3 is 0 Å². The lowest BCUT2D eigenvalue weighted by molar-refractivity contribution is 0.0758. The van der Waals surface area contributed by atoms with E-state index in [0.29, 0.717) is 6.42 Å². The van der Waals surface area contributed by atoms with Gasteiger partial charge in [0.15, 0.2) is 4.51 Å². The Kier molecular flexibility index (Phi) is 2.08. The number of hydrogen-bond acceptors (Lipinski definition) is 0. The Morgan fingerprint density at radius 2 is 2.00 bits per heavy atom. The van der Waals surface area contributed by atoms with Crippen LogP contribution in [0.15, 0.2) is 0 Å². The monoisotopic (exact) mass is 151 g/mol. The molecule has 0 saturated carbocycles. The number of halogens is 1. The predicted octanol–water partition coefficient (Wildman–Crippen LogP) is 1.94. The van der Waals surface area contributed by atoms with Crippen LogP contribution in [0.5, 0.6) is 0 Å². The van der Waals surface area contributed by atoms with Crippen molar-refractivity contribution < 1.29 is 5.11 Å². The van der Waals surface area contributed by atoms with E-state index in [0.717, 1.165) is 0 Å². The molecule has 0 aromatic heterocycles. The summed E-state index contributed by atoms with van der Waals surface area (Å²) in [6, 6.07) is 0. The lowest BCUT2D eigenvalue weighted by atomic mass is 10.3. The van der Waals surface area contributed by atoms with Crippen LogP contribution in [-0.4, -0.2) is 4.51 Å². The summed E-state index contributed by atoms with van der Waals surface area (Å²) < 4.78 is -0.896. The summed E-state index contributed by atoms with van der Waals surface area (Å²) in [6.45, 7) is 3.45. The first kappa shape index (κ1) is 6.44. The molecule has 0 spiro atoms. The van der Waals surface area contributed by atoms with Crippen LogP contribution in [0.3, 0.4) is 0 Å². The molecule has 6 heavy (non-hydrogen) atoms. The van der Waals surface area contributed by atoms with Crippen LogP contribution in [-0.2, 0) is 5.11 Å². The molecule has 0 saturated heterocycles. The second-order valence-electron chi connectivity index (χ2n) is 1.46. The molecule has 1 unspecified atom stereocenters. The van der Waals surface area contributed by atoms with Crippen molar-refractivity contribution in [3.8, 4) is 0 Å². The average molecular weight is 152 g/mol. The van der Waals surface area contributed by atoms with E-state index in [-0.39, 0.29) is 0 Å². The highest BCUT2D eigenvalue weighted by Gasteiger charge is 2.12. The quantitative estimate of drug-likeness (QED) is 0.511. The van der Waals surface area contributed by atoms with Crippen LogP contribution in [0.4, 0.5) is 0 Å². The Hall–Kier alpha value is 0.440. The first-order chi connectivity index (χ1) is 2.56. The molecule has 0 rings (SSSR count). The fraction of sp³-hybridized carbons (Fsp3) is 1.00. The van der Waals surface area contributed by atoms with Crippen LogP contribution in [0.1, 0.15) is 20.3 Å². The maximum Gasteiger partial charge on any atom is 0.155 e. The van der Waals surface area contributed by atoms with E-state index in [1.165, 1.54) is 0 Å². The van der Waals surface area contributed by atoms with Gasteiger partial charge < -0.3 is 0 Å². The van der Waals surface area contributed by atoms with Gasteiger partial charge in [-0.3, -0.25) is 0 Å². The van der Waals surface area contributed by atoms with E-state index in [1.807, 2.05) is 6.92 Å². The predicted molar refractivity (Wildman–Crippen MR) is 28.3 cm³/mol. The van der Waals surface area contributed by atoms with Crippen molar-refractivity contribution in [2.75, 3.05) is 0 Å². The summed E-state index contributed by atoms with van der Waals surface area (Å²) >= 11 is 2.92. The lowest BCUT2D eigenvalue weighted by Crippen LogP contribution is -2.07. The summed E-state index contributed by atoms with van der Waals surface area (Å²) in [5.41, 5.74) is 0. The van der Waals surface area contributed by atoms with Crippen LogP contribution in [0, 0.1) is 0 Å². The van der Waals surface area contributed by atoms with Crippen LogP contribution < -0.4 is 0 Å². The third kappa shape index (κ3) is 4.44. The fourth-order valence-corrected chi connectivity index (χ4v) is 0. The fourth-order valence-electron chi connectivity index (χ4n) is 0. The van der Waals surface area contributed by atoms with Gasteiger partial charge in [-0.2, -0.15) is 0 Å². The smallest absolute Gasteiger partial charge is 0.155 e. The maximum atomic E-state index is 10.4. The highest BCUT2D eigenvalue weighted by atomic mass is 79.9. The summed E-state index contributed by atoms with van der Waals surface area (Å²) in [5, 5.41) is 10.4. The molecule has 0 aromatic rings. The van der Waals surface area contributed by atoms with Crippen LogP contribution in [0.25, 0.3) is 0 Å². The molecule has 37 valence electrons. The van der Waals surface area contributed by atoms with E-state index in [2.05, 4.69) is 15.9 Å². The maximum absolute atomic E-state index is 10.4.